The second-order valence-electron chi connectivity index (χ2n) is 9.45. The van der Waals surface area contributed by atoms with Crippen LogP contribution < -0.4 is 32.3 Å². The van der Waals surface area contributed by atoms with Crippen LogP contribution in [0.2, 0.25) is 0 Å². The van der Waals surface area contributed by atoms with Crippen molar-refractivity contribution >= 4 is 41.7 Å². The van der Waals surface area contributed by atoms with Crippen LogP contribution in [0.15, 0.2) is 0 Å². The Labute approximate surface area is 216 Å². The summed E-state index contributed by atoms with van der Waals surface area (Å²) in [6, 6.07) is -5.86. The molecule has 0 aromatic rings. The minimum absolute atomic E-state index is 0.300. The number of hydrogen-bond donors (Lipinski definition) is 6. The number of nitrogens with one attached hydrogen (secondary N) is 5. The lowest BCUT2D eigenvalue weighted by molar-refractivity contribution is -0.398. The molecule has 1 heterocycles. The quantitative estimate of drug-likeness (QED) is 0.140. The third-order valence-electron chi connectivity index (χ3n) is 5.85. The van der Waals surface area contributed by atoms with E-state index in [4.69, 9.17) is 0 Å². The van der Waals surface area contributed by atoms with Crippen LogP contribution in [-0.2, 0) is 33.6 Å². The Balaban J connectivity index is 2.67. The van der Waals surface area contributed by atoms with Crippen LogP contribution in [0, 0.1) is 0 Å². The standard InChI is InChI=1S/C23H39N7O7/c1-11(10-31)25-19(33)13(3)28-22(36)17-8-7-9-30(17)23(37)16(6)29-21(35)15(5)27-20(34)14(4)26-18(32)12(2)24/h10-17H,7-9,24H2,1-6H3,(H,25,33)(H,26,32)(H,27,34)(H,28,36)(H,29,35)/p+1/t11-,12-,13-,14-,15-,16-,17-/m0/s1. The predicted molar refractivity (Wildman–Crippen MR) is 131 cm³/mol. The molecular formula is C23H40N7O7+. The average molecular weight is 527 g/mol. The minimum Gasteiger partial charge on any atom is -0.348 e. The van der Waals surface area contributed by atoms with Crippen molar-refractivity contribution in [3.63, 3.8) is 0 Å². The van der Waals surface area contributed by atoms with Gasteiger partial charge in [0.05, 0.1) is 6.04 Å². The molecule has 1 fully saturated rings. The summed E-state index contributed by atoms with van der Waals surface area (Å²) in [5, 5.41) is 12.5. The van der Waals surface area contributed by atoms with Crippen molar-refractivity contribution in [2.24, 2.45) is 0 Å². The van der Waals surface area contributed by atoms with Gasteiger partial charge < -0.3 is 42.0 Å². The van der Waals surface area contributed by atoms with Crippen molar-refractivity contribution in [3.8, 4) is 0 Å². The van der Waals surface area contributed by atoms with Crippen LogP contribution >= 0.6 is 0 Å². The molecule has 0 bridgehead atoms. The molecule has 1 aliphatic rings. The van der Waals surface area contributed by atoms with E-state index in [9.17, 15) is 33.6 Å². The average Bonchev–Trinajstić information content (AvgIpc) is 3.32. The Morgan fingerprint density at radius 2 is 1.19 bits per heavy atom. The third-order valence-corrected chi connectivity index (χ3v) is 5.85. The molecule has 6 amide bonds. The number of quaternary nitrogens is 1. The molecule has 7 atom stereocenters. The highest BCUT2D eigenvalue weighted by Crippen LogP contribution is 2.19. The topological polar surface area (TPSA) is 211 Å². The van der Waals surface area contributed by atoms with Crippen LogP contribution in [0.25, 0.3) is 0 Å². The Hall–Kier alpha value is -3.55. The maximum absolute atomic E-state index is 13.0. The summed E-state index contributed by atoms with van der Waals surface area (Å²) in [5.74, 6) is -3.13. The molecule has 14 nitrogen and oxygen atoms in total. The molecule has 0 aliphatic carbocycles. The van der Waals surface area contributed by atoms with Gasteiger partial charge in [-0.2, -0.15) is 0 Å². The molecule has 37 heavy (non-hydrogen) atoms. The highest BCUT2D eigenvalue weighted by Gasteiger charge is 2.37. The minimum atomic E-state index is -0.995. The zero-order valence-corrected chi connectivity index (χ0v) is 22.3. The first-order valence-corrected chi connectivity index (χ1v) is 12.3. The first-order chi connectivity index (χ1) is 17.2. The van der Waals surface area contributed by atoms with Crippen LogP contribution in [0.5, 0.6) is 0 Å². The summed E-state index contributed by atoms with van der Waals surface area (Å²) in [6.45, 7) is 9.23. The summed E-state index contributed by atoms with van der Waals surface area (Å²) in [7, 11) is 0. The Morgan fingerprint density at radius 3 is 1.70 bits per heavy atom. The summed E-state index contributed by atoms with van der Waals surface area (Å²) in [6.07, 6.45) is 1.52. The molecule has 1 saturated heterocycles. The van der Waals surface area contributed by atoms with Gasteiger partial charge in [-0.3, -0.25) is 28.8 Å². The van der Waals surface area contributed by atoms with Crippen molar-refractivity contribution in [1.29, 1.82) is 0 Å². The smallest absolute Gasteiger partial charge is 0.278 e. The van der Waals surface area contributed by atoms with E-state index in [-0.39, 0.29) is 0 Å². The Kier molecular flexibility index (Phi) is 12.1. The van der Waals surface area contributed by atoms with Crippen LogP contribution in [0.3, 0.4) is 0 Å². The van der Waals surface area contributed by atoms with E-state index in [1.807, 2.05) is 0 Å². The molecule has 0 aromatic heterocycles. The van der Waals surface area contributed by atoms with Gasteiger partial charge in [0.25, 0.3) is 5.91 Å². The normalized spacial score (nSPS) is 19.8. The molecule has 0 radical (unpaired) electrons. The van der Waals surface area contributed by atoms with Crippen molar-refractivity contribution < 1.29 is 39.3 Å². The zero-order valence-electron chi connectivity index (χ0n) is 22.3. The summed E-state index contributed by atoms with van der Waals surface area (Å²) >= 11 is 0. The van der Waals surface area contributed by atoms with Gasteiger partial charge in [0.2, 0.25) is 29.5 Å². The molecule has 0 spiro atoms. The van der Waals surface area contributed by atoms with E-state index in [1.165, 1.54) is 39.5 Å². The number of hydrogen-bond acceptors (Lipinski definition) is 7. The number of aldehydes is 1. The molecule has 1 aliphatic heterocycles. The second-order valence-corrected chi connectivity index (χ2v) is 9.45. The molecule has 0 saturated carbocycles. The molecule has 0 unspecified atom stereocenters. The Morgan fingerprint density at radius 1 is 0.730 bits per heavy atom. The van der Waals surface area contributed by atoms with Crippen LogP contribution in [0.1, 0.15) is 54.4 Å². The van der Waals surface area contributed by atoms with Gasteiger partial charge in [0, 0.05) is 6.54 Å². The van der Waals surface area contributed by atoms with Crippen LogP contribution in [-0.4, -0.2) is 95.5 Å². The summed E-state index contributed by atoms with van der Waals surface area (Å²) in [5.41, 5.74) is 3.57. The van der Waals surface area contributed by atoms with Crippen molar-refractivity contribution in [3.05, 3.63) is 0 Å². The lowest BCUT2D eigenvalue weighted by atomic mass is 10.1. The number of carbonyl (C=O) groups is 7. The van der Waals surface area contributed by atoms with E-state index in [1.54, 1.807) is 6.92 Å². The van der Waals surface area contributed by atoms with Crippen molar-refractivity contribution in [1.82, 2.24) is 31.5 Å². The van der Waals surface area contributed by atoms with Gasteiger partial charge in [0.1, 0.15) is 36.5 Å². The van der Waals surface area contributed by atoms with Gasteiger partial charge in [-0.1, -0.05) is 0 Å². The van der Waals surface area contributed by atoms with Crippen LogP contribution in [0.4, 0.5) is 0 Å². The Bertz CT molecular complexity index is 895. The number of carbonyl (C=O) groups excluding carboxylic acids is 7. The number of amides is 6. The second kappa shape index (κ2) is 14.3. The fraction of sp³-hybridized carbons (Fsp3) is 0.696. The third kappa shape index (κ3) is 9.44. The van der Waals surface area contributed by atoms with Crippen molar-refractivity contribution in [2.45, 2.75) is 96.7 Å². The zero-order chi connectivity index (χ0) is 28.4. The van der Waals surface area contributed by atoms with E-state index >= 15 is 0 Å². The number of likely N-dealkylation sites (tertiary alicyclic amines) is 1. The van der Waals surface area contributed by atoms with E-state index in [2.05, 4.69) is 32.3 Å². The number of rotatable bonds is 12. The SMILES string of the molecule is C[C@H]([NH3+])C(=O)N[C@@H](C)C(=O)N[C@@H](C)C(=O)N[C@@H](C)C(=O)N1CCC[C@H]1C(=O)N[C@@H](C)C(=O)N[C@@H](C)C=O. The first kappa shape index (κ1) is 31.5. The monoisotopic (exact) mass is 526 g/mol. The molecule has 208 valence electrons. The molecule has 8 N–H and O–H groups in total. The van der Waals surface area contributed by atoms with Gasteiger partial charge in [-0.05, 0) is 54.4 Å². The molecule has 1 rings (SSSR count). The maximum Gasteiger partial charge on any atom is 0.278 e. The van der Waals surface area contributed by atoms with Gasteiger partial charge in [0.15, 0.2) is 6.04 Å². The van der Waals surface area contributed by atoms with Gasteiger partial charge in [-0.15, -0.1) is 0 Å². The molecule has 14 heteroatoms. The fourth-order valence-corrected chi connectivity index (χ4v) is 3.54. The molecule has 0 aromatic carbocycles. The van der Waals surface area contributed by atoms with E-state index < -0.39 is 77.7 Å². The fourth-order valence-electron chi connectivity index (χ4n) is 3.54. The lowest BCUT2D eigenvalue weighted by Crippen LogP contribution is -2.67. The summed E-state index contributed by atoms with van der Waals surface area (Å²) in [4.78, 5) is 86.5. The molecular weight excluding hydrogens is 486 g/mol. The number of nitrogens with zero attached hydrogens (tertiary/aromatic N) is 1. The predicted octanol–water partition coefficient (Wildman–Crippen LogP) is -3.67. The van der Waals surface area contributed by atoms with E-state index in [0.29, 0.717) is 25.7 Å². The van der Waals surface area contributed by atoms with Crippen molar-refractivity contribution in [2.75, 3.05) is 6.54 Å². The highest BCUT2D eigenvalue weighted by atomic mass is 16.2. The van der Waals surface area contributed by atoms with Gasteiger partial charge in [-0.25, -0.2) is 0 Å². The van der Waals surface area contributed by atoms with Gasteiger partial charge >= 0.3 is 0 Å². The summed E-state index contributed by atoms with van der Waals surface area (Å²) < 4.78 is 0. The highest BCUT2D eigenvalue weighted by molar-refractivity contribution is 5.96. The largest absolute Gasteiger partial charge is 0.348 e. The lowest BCUT2D eigenvalue weighted by Gasteiger charge is -2.28. The maximum atomic E-state index is 13.0. The van der Waals surface area contributed by atoms with E-state index in [0.717, 1.165) is 0 Å². The first-order valence-electron chi connectivity index (χ1n) is 12.3.